The summed E-state index contributed by atoms with van der Waals surface area (Å²) in [5.74, 6) is -5.95. The summed E-state index contributed by atoms with van der Waals surface area (Å²) in [6, 6.07) is 34.3. The van der Waals surface area contributed by atoms with Crippen molar-refractivity contribution in [2.45, 2.75) is 281 Å². The maximum absolute atomic E-state index is 12.4. The van der Waals surface area contributed by atoms with Gasteiger partial charge in [-0.25, -0.2) is 4.79 Å². The molecule has 6 amide bonds. The molecule has 6 saturated heterocycles. The Morgan fingerprint density at radius 3 is 0.985 bits per heavy atom. The molecule has 16 N–H and O–H groups in total. The van der Waals surface area contributed by atoms with Crippen molar-refractivity contribution >= 4 is 153 Å². The van der Waals surface area contributed by atoms with Crippen LogP contribution in [-0.2, 0) is 116 Å². The summed E-state index contributed by atoms with van der Waals surface area (Å²) in [6.45, 7) is 8.70. The number of aliphatic hydroxyl groups excluding tert-OH is 1. The number of aliphatic carboxylic acids is 1. The highest BCUT2D eigenvalue weighted by molar-refractivity contribution is 7.11. The Hall–Kier alpha value is -10.6. The molecule has 12 atom stereocenters. The average Bonchev–Trinajstić information content (AvgIpc) is 1.58. The van der Waals surface area contributed by atoms with E-state index in [9.17, 15) is 103 Å². The molecule has 0 bridgehead atoms. The van der Waals surface area contributed by atoms with Gasteiger partial charge in [0.15, 0.2) is 0 Å². The number of thiophene rings is 2. The van der Waals surface area contributed by atoms with E-state index in [4.69, 9.17) is 38.1 Å². The summed E-state index contributed by atoms with van der Waals surface area (Å²) >= 11 is 2.65. The summed E-state index contributed by atoms with van der Waals surface area (Å²) in [7, 11) is -6.75. The number of pyridine rings is 2. The minimum atomic E-state index is -1.23. The molecule has 0 radical (unpaired) electrons. The number of hydrogen-bond donors (Lipinski definition) is 16. The van der Waals surface area contributed by atoms with Gasteiger partial charge in [-0.1, -0.05) is 98.5 Å². The average molecular weight is 1940 g/mol. The monoisotopic (exact) mass is 1940 g/mol. The number of Topliss-reactive ketones (excluding diaryl/α,β-unsaturated/α-hetero) is 6. The van der Waals surface area contributed by atoms with Gasteiger partial charge in [0.25, 0.3) is 11.8 Å². The zero-order valence-electron chi connectivity index (χ0n) is 77.9. The van der Waals surface area contributed by atoms with Crippen molar-refractivity contribution in [1.29, 1.82) is 0 Å². The molecule has 6 aliphatic rings. The largest absolute Gasteiger partial charge is 0.478 e. The van der Waals surface area contributed by atoms with Crippen LogP contribution < -0.4 is 41.4 Å². The number of benzene rings is 2. The van der Waals surface area contributed by atoms with E-state index in [1.54, 1.807) is 53.9 Å². The highest BCUT2D eigenvalue weighted by Crippen LogP contribution is 2.29. The SMILES string of the molecule is CC(=O)C[C@@H]1CCCC[C@H](NC(=O)Cc2ccccc2)B(O)O1.CC(=O)C[C@@H]1CC[C@H](NC(=O)/C(=C\C(=O)O)c2cccs2)B(O)O1.CC(=O)C[C@@H]1CC[C@H](NC(=O)/C(=C\CO)c2cccs2)B(O)O1.CC(=O)C[C@@H]1CC[C@H](NC(=O)Cc2ccc[n+](O)c2)B(O)O1.CC(=O)C[C@@H]1CC[C@H](NC(=O)Cc2cccc[n+]2O)B(O)O1.CC(=O)C[C@H]1CCCC[C@H](NC(=O)Cc2ccccc2)B(O)O1. The molecule has 37 nitrogen and oxygen atoms in total. The first-order valence-corrected chi connectivity index (χ1v) is 47.7. The Morgan fingerprint density at radius 1 is 0.358 bits per heavy atom. The smallest absolute Gasteiger partial charge is 0.478 e. The number of carbonyl (C=O) groups excluding carboxylic acids is 12. The fraction of sp³-hybridized carbons (Fsp3) is 0.489. The normalized spacial score (nSPS) is 21.8. The minimum Gasteiger partial charge on any atom is -0.478 e. The number of ketones is 6. The van der Waals surface area contributed by atoms with Crippen LogP contribution in [0, 0.1) is 0 Å². The number of nitrogens with zero attached hydrogens (tertiary/aromatic N) is 2. The summed E-state index contributed by atoms with van der Waals surface area (Å²) in [6.07, 6.45) is 18.1. The molecule has 6 aromatic rings. The van der Waals surface area contributed by atoms with Crippen LogP contribution in [0.2, 0.25) is 0 Å². The maximum atomic E-state index is 12.4. The first-order valence-electron chi connectivity index (χ1n) is 45.9. The lowest BCUT2D eigenvalue weighted by Gasteiger charge is -2.31. The van der Waals surface area contributed by atoms with E-state index in [1.165, 1.54) is 88.9 Å². The standard InChI is InChI=1S/2C17H24BNO4.C15H18BNO6S.C15H20BNO5S.2C14H19BN2O5/c2*1-13(20)11-15-9-5-6-10-16(18(22)23-15)19-17(21)12-14-7-3-2-4-8-14;1-9(18)7-10-4-5-13(16(22)23-10)17-15(21)11(8-14(19)20)12-3-2-6-24-12;1-10(19)9-11-4-5-14(16(21)22-11)17-15(20)12(6-7-18)13-3-2-8-23-13;1-10(18)7-12-4-5-13(15(20)22-12)16-14(19)8-11-3-2-6-17(21)9-11;1-10(18)8-12-5-6-13(15(20)22-12)16-14(19)9-11-4-2-3-7-17(11)21/h2*2-4,7-8,15-16,22H,5-6,9-12H2,1H3,(H,19,21);2-3,6,8,10,13,22H,4-5,7H2,1H3,(H,17,21)(H,19,20);2-3,6,8,11,14,18,21H,4-5,7,9H2,1H3,(H,17,20);2-3,6,9,12-13,20H,4-5,7-8H2,1H3,(H-,16,19,21);2-4,7,12-13,20H,5-6,8-9H2,1H3,(H-,16,19,21)/p+2/b;;11-8-;12-6-;;/t15-,16+;15-,16-;10-,13-;11-,14-;2*12-,13-/m100000/s1. The summed E-state index contributed by atoms with van der Waals surface area (Å²) in [5.41, 5.74) is 3.36. The van der Waals surface area contributed by atoms with Crippen LogP contribution in [0.5, 0.6) is 0 Å². The van der Waals surface area contributed by atoms with E-state index < -0.39 is 90.2 Å². The second-order valence-corrected chi connectivity index (χ2v) is 36.4. The number of carboxylic acid groups (broad SMARTS) is 1. The molecule has 6 fully saturated rings. The Morgan fingerprint density at radius 2 is 0.664 bits per heavy atom. The van der Waals surface area contributed by atoms with Crippen LogP contribution in [0.1, 0.15) is 215 Å². The van der Waals surface area contributed by atoms with Crippen LogP contribution in [0.25, 0.3) is 11.1 Å². The minimum absolute atomic E-state index is 0.00255. The van der Waals surface area contributed by atoms with E-state index >= 15 is 0 Å². The fourth-order valence-electron chi connectivity index (χ4n) is 15.9. The fourth-order valence-corrected chi connectivity index (χ4v) is 17.4. The van der Waals surface area contributed by atoms with Crippen molar-refractivity contribution in [3.63, 3.8) is 0 Å². The third-order valence-corrected chi connectivity index (χ3v) is 24.3. The molecule has 6 aliphatic heterocycles. The van der Waals surface area contributed by atoms with Gasteiger partial charge in [0.1, 0.15) is 41.1 Å². The molecule has 736 valence electrons. The van der Waals surface area contributed by atoms with Crippen molar-refractivity contribution in [1.82, 2.24) is 31.9 Å². The van der Waals surface area contributed by atoms with E-state index in [0.29, 0.717) is 98.8 Å². The predicted octanol–water partition coefficient (Wildman–Crippen LogP) is 3.84. The molecule has 137 heavy (non-hydrogen) atoms. The van der Waals surface area contributed by atoms with Crippen LogP contribution in [0.4, 0.5) is 0 Å². The first kappa shape index (κ1) is 113. The van der Waals surface area contributed by atoms with Gasteiger partial charge in [-0.3, -0.25) is 67.9 Å². The number of rotatable bonds is 32. The topological polar surface area (TPSA) is 560 Å². The molecule has 45 heteroatoms. The van der Waals surface area contributed by atoms with Gasteiger partial charge in [0.2, 0.25) is 47.9 Å². The summed E-state index contributed by atoms with van der Waals surface area (Å²) in [5, 5.41) is 117. The number of aromatic nitrogens is 2. The van der Waals surface area contributed by atoms with Crippen molar-refractivity contribution < 1.29 is 150 Å². The van der Waals surface area contributed by atoms with Gasteiger partial charge in [-0.2, -0.15) is 0 Å². The molecule has 0 unspecified atom stereocenters. The predicted molar refractivity (Wildman–Crippen MR) is 509 cm³/mol. The third-order valence-electron chi connectivity index (χ3n) is 22.5. The van der Waals surface area contributed by atoms with E-state index in [0.717, 1.165) is 70.1 Å². The Kier molecular flexibility index (Phi) is 49.9. The van der Waals surface area contributed by atoms with Gasteiger partial charge >= 0.3 is 48.7 Å². The molecule has 2 aromatic carbocycles. The zero-order chi connectivity index (χ0) is 100. The van der Waals surface area contributed by atoms with E-state index in [2.05, 4.69) is 31.9 Å². The summed E-state index contributed by atoms with van der Waals surface area (Å²) < 4.78 is 34.4. The number of hydrogen-bond acceptors (Lipinski definition) is 30. The third kappa shape index (κ3) is 43.5. The van der Waals surface area contributed by atoms with Crippen LogP contribution >= 0.6 is 22.7 Å². The zero-order valence-corrected chi connectivity index (χ0v) is 79.6. The quantitative estimate of drug-likeness (QED) is 0.0123. The highest BCUT2D eigenvalue weighted by Gasteiger charge is 2.42. The molecule has 0 saturated carbocycles. The lowest BCUT2D eigenvalue weighted by atomic mass is 9.72. The number of amides is 6. The number of carbonyl (C=O) groups is 13. The second-order valence-electron chi connectivity index (χ2n) is 34.5. The van der Waals surface area contributed by atoms with Crippen LogP contribution in [-0.4, -0.2) is 248 Å². The maximum Gasteiger partial charge on any atom is 0.478 e. The van der Waals surface area contributed by atoms with Crippen molar-refractivity contribution in [3.05, 3.63) is 189 Å². The molecule has 10 heterocycles. The Labute approximate surface area is 806 Å². The number of carboxylic acids is 1. The van der Waals surface area contributed by atoms with Gasteiger partial charge in [0.05, 0.1) is 72.7 Å². The van der Waals surface area contributed by atoms with Crippen LogP contribution in [0.15, 0.2) is 157 Å². The highest BCUT2D eigenvalue weighted by atomic mass is 32.1. The summed E-state index contributed by atoms with van der Waals surface area (Å²) in [4.78, 5) is 152. The van der Waals surface area contributed by atoms with Crippen molar-refractivity contribution in [3.8, 4) is 0 Å². The molecule has 12 rings (SSSR count). The lowest BCUT2D eigenvalue weighted by molar-refractivity contribution is -0.909. The Balaban J connectivity index is 0.000000224. The van der Waals surface area contributed by atoms with E-state index in [1.807, 2.05) is 72.1 Å². The molecule has 0 aliphatic carbocycles. The molecular weight excluding hydrogens is 1810 g/mol. The van der Waals surface area contributed by atoms with Crippen molar-refractivity contribution in [2.75, 3.05) is 6.61 Å². The molecule has 4 aromatic heterocycles. The van der Waals surface area contributed by atoms with Crippen molar-refractivity contribution in [2.24, 2.45) is 0 Å². The van der Waals surface area contributed by atoms with Gasteiger partial charge in [0, 0.05) is 124 Å². The molecular formula is C92H126B6N8O29S2+2. The number of nitrogens with one attached hydrogen (secondary N) is 6. The van der Waals surface area contributed by atoms with E-state index in [-0.39, 0.29) is 164 Å². The Bertz CT molecular complexity index is 4830. The first-order chi connectivity index (χ1) is 65.3. The lowest BCUT2D eigenvalue weighted by Crippen LogP contribution is -2.53. The van der Waals surface area contributed by atoms with Gasteiger partial charge in [-0.15, -0.1) is 22.7 Å². The van der Waals surface area contributed by atoms with Crippen LogP contribution in [0.3, 0.4) is 0 Å². The van der Waals surface area contributed by atoms with Gasteiger partial charge in [-0.05, 0) is 171 Å². The van der Waals surface area contributed by atoms with Gasteiger partial charge < -0.3 is 100 Å². The molecule has 0 spiro atoms. The number of aliphatic hydroxyl groups is 1. The second kappa shape index (κ2) is 60.3.